The van der Waals surface area contributed by atoms with E-state index in [0.29, 0.717) is 25.3 Å². The van der Waals surface area contributed by atoms with E-state index >= 15 is 0 Å². The molecule has 2 heterocycles. The Balaban J connectivity index is 1.60. The van der Waals surface area contributed by atoms with Crippen LogP contribution in [-0.2, 0) is 15.9 Å². The fourth-order valence-corrected chi connectivity index (χ4v) is 2.55. The fraction of sp³-hybridized carbons (Fsp3) is 0.412. The number of fused-ring (bicyclic) bond motifs is 1. The fourth-order valence-electron chi connectivity index (χ4n) is 2.55. The molecule has 1 aromatic rings. The third-order valence-corrected chi connectivity index (χ3v) is 4.01. The highest BCUT2D eigenvalue weighted by atomic mass is 16.7. The maximum Gasteiger partial charge on any atom is 0.282 e. The predicted octanol–water partition coefficient (Wildman–Crippen LogP) is 3.03. The van der Waals surface area contributed by atoms with Gasteiger partial charge in [0.2, 0.25) is 6.79 Å². The van der Waals surface area contributed by atoms with E-state index in [1.54, 1.807) is 0 Å². The molecule has 0 bridgehead atoms. The van der Waals surface area contributed by atoms with Crippen molar-refractivity contribution in [1.29, 1.82) is 0 Å². The molecule has 2 aliphatic heterocycles. The molecule has 0 aromatic heterocycles. The van der Waals surface area contributed by atoms with Gasteiger partial charge in [0.15, 0.2) is 17.3 Å². The molecule has 0 amide bonds. The molecule has 0 aliphatic carbocycles. The van der Waals surface area contributed by atoms with Crippen LogP contribution >= 0.6 is 0 Å². The first kappa shape index (κ1) is 14.8. The second kappa shape index (κ2) is 5.93. The Hall–Kier alpha value is -2.14. The summed E-state index contributed by atoms with van der Waals surface area (Å²) in [6.07, 6.45) is 0.918. The first-order valence-corrected chi connectivity index (χ1v) is 7.36. The largest absolute Gasteiger partial charge is 0.454 e. The molecular weight excluding hydrogens is 282 g/mol. The minimum Gasteiger partial charge on any atom is -0.454 e. The van der Waals surface area contributed by atoms with Crippen LogP contribution in [0.1, 0.15) is 19.4 Å². The molecule has 5 heteroatoms. The van der Waals surface area contributed by atoms with E-state index in [-0.39, 0.29) is 0 Å². The van der Waals surface area contributed by atoms with Gasteiger partial charge in [-0.05, 0) is 51.6 Å². The van der Waals surface area contributed by atoms with Gasteiger partial charge in [-0.3, -0.25) is 4.90 Å². The highest BCUT2D eigenvalue weighted by molar-refractivity contribution is 5.44. The van der Waals surface area contributed by atoms with Crippen molar-refractivity contribution in [2.24, 2.45) is 0 Å². The zero-order valence-electron chi connectivity index (χ0n) is 13.2. The van der Waals surface area contributed by atoms with E-state index in [9.17, 15) is 0 Å². The number of hydrogen-bond donors (Lipinski definition) is 0. The molecule has 0 spiro atoms. The zero-order valence-corrected chi connectivity index (χ0v) is 13.2. The van der Waals surface area contributed by atoms with E-state index < -0.39 is 0 Å². The topological polar surface area (TPSA) is 40.2 Å². The van der Waals surface area contributed by atoms with Gasteiger partial charge in [0.1, 0.15) is 5.76 Å². The second-order valence-corrected chi connectivity index (χ2v) is 5.71. The normalized spacial score (nSPS) is 17.7. The Kier molecular flexibility index (Phi) is 3.98. The predicted molar refractivity (Wildman–Crippen MR) is 82.4 cm³/mol. The Morgan fingerprint density at radius 1 is 1.23 bits per heavy atom. The van der Waals surface area contributed by atoms with Crippen molar-refractivity contribution in [2.45, 2.75) is 26.3 Å². The van der Waals surface area contributed by atoms with Crippen LogP contribution in [0, 0.1) is 0 Å². The van der Waals surface area contributed by atoms with Crippen molar-refractivity contribution in [1.82, 2.24) is 4.90 Å². The minimum absolute atomic E-state index is 0.308. The van der Waals surface area contributed by atoms with Gasteiger partial charge in [-0.1, -0.05) is 6.07 Å². The van der Waals surface area contributed by atoms with E-state index in [4.69, 9.17) is 18.9 Å². The summed E-state index contributed by atoms with van der Waals surface area (Å²) in [7, 11) is 2.07. The van der Waals surface area contributed by atoms with E-state index in [1.807, 2.05) is 19.1 Å². The molecule has 1 atom stereocenters. The number of ether oxygens (including phenoxy) is 4. The zero-order chi connectivity index (χ0) is 15.7. The third-order valence-electron chi connectivity index (χ3n) is 4.01. The summed E-state index contributed by atoms with van der Waals surface area (Å²) in [5, 5.41) is 0. The Bertz CT molecular complexity index is 623. The van der Waals surface area contributed by atoms with Gasteiger partial charge in [0.05, 0.1) is 6.54 Å². The van der Waals surface area contributed by atoms with Gasteiger partial charge in [-0.2, -0.15) is 0 Å². The average molecular weight is 303 g/mol. The number of likely N-dealkylation sites (N-methyl/N-ethyl adjacent to an activating group) is 1. The van der Waals surface area contributed by atoms with Gasteiger partial charge in [0, 0.05) is 6.04 Å². The van der Waals surface area contributed by atoms with Crippen molar-refractivity contribution >= 4 is 0 Å². The maximum atomic E-state index is 5.49. The SMILES string of the molecule is C=C1OC(C)=C(CN(C)C(C)Cc2ccc3c(c2)OCO3)O1. The van der Waals surface area contributed by atoms with E-state index in [2.05, 4.69) is 31.5 Å². The number of benzene rings is 1. The van der Waals surface area contributed by atoms with Crippen molar-refractivity contribution in [2.75, 3.05) is 20.4 Å². The molecular formula is C17H21NO4. The molecule has 22 heavy (non-hydrogen) atoms. The first-order valence-electron chi connectivity index (χ1n) is 7.36. The highest BCUT2D eigenvalue weighted by Gasteiger charge is 2.22. The minimum atomic E-state index is 0.308. The van der Waals surface area contributed by atoms with Crippen LogP contribution in [0.2, 0.25) is 0 Å². The van der Waals surface area contributed by atoms with Gasteiger partial charge in [-0.25, -0.2) is 0 Å². The standard InChI is InChI=1S/C17H21NO4/c1-11(18(4)9-17-12(2)21-13(3)22-17)7-14-5-6-15-16(8-14)20-10-19-15/h5-6,8,11H,3,7,9-10H2,1-2,4H3. The molecule has 0 saturated heterocycles. The Morgan fingerprint density at radius 2 is 2.00 bits per heavy atom. The Labute approximate surface area is 130 Å². The molecule has 0 radical (unpaired) electrons. The Morgan fingerprint density at radius 3 is 2.73 bits per heavy atom. The molecule has 1 aromatic carbocycles. The number of allylic oxidation sites excluding steroid dienone is 1. The van der Waals surface area contributed by atoms with Crippen molar-refractivity contribution in [3.05, 3.63) is 47.8 Å². The maximum absolute atomic E-state index is 5.49. The van der Waals surface area contributed by atoms with Crippen LogP contribution < -0.4 is 9.47 Å². The number of nitrogens with zero attached hydrogens (tertiary/aromatic N) is 1. The van der Waals surface area contributed by atoms with Crippen molar-refractivity contribution < 1.29 is 18.9 Å². The highest BCUT2D eigenvalue weighted by Crippen LogP contribution is 2.33. The molecule has 0 fully saturated rings. The van der Waals surface area contributed by atoms with Gasteiger partial charge in [-0.15, -0.1) is 0 Å². The smallest absolute Gasteiger partial charge is 0.282 e. The lowest BCUT2D eigenvalue weighted by Gasteiger charge is -2.24. The molecule has 3 rings (SSSR count). The van der Waals surface area contributed by atoms with Crippen LogP contribution in [-0.4, -0.2) is 31.3 Å². The summed E-state index contributed by atoms with van der Waals surface area (Å²) in [5.74, 6) is 3.61. The molecule has 0 saturated carbocycles. The summed E-state index contributed by atoms with van der Waals surface area (Å²) in [5.41, 5.74) is 1.22. The van der Waals surface area contributed by atoms with Crippen LogP contribution in [0.5, 0.6) is 11.5 Å². The lowest BCUT2D eigenvalue weighted by atomic mass is 10.1. The first-order chi connectivity index (χ1) is 10.5. The lowest BCUT2D eigenvalue weighted by Crippen LogP contribution is -2.32. The number of rotatable bonds is 5. The molecule has 5 nitrogen and oxygen atoms in total. The summed E-state index contributed by atoms with van der Waals surface area (Å²) < 4.78 is 21.6. The van der Waals surface area contributed by atoms with Crippen LogP contribution in [0.4, 0.5) is 0 Å². The summed E-state index contributed by atoms with van der Waals surface area (Å²) in [6.45, 7) is 8.76. The van der Waals surface area contributed by atoms with Crippen molar-refractivity contribution in [3.63, 3.8) is 0 Å². The van der Waals surface area contributed by atoms with E-state index in [0.717, 1.165) is 29.4 Å². The number of hydrogen-bond acceptors (Lipinski definition) is 5. The van der Waals surface area contributed by atoms with Crippen molar-refractivity contribution in [3.8, 4) is 11.5 Å². The summed E-state index contributed by atoms with van der Waals surface area (Å²) in [4.78, 5) is 2.23. The summed E-state index contributed by atoms with van der Waals surface area (Å²) in [6, 6.07) is 6.45. The van der Waals surface area contributed by atoms with Gasteiger partial charge < -0.3 is 18.9 Å². The van der Waals surface area contributed by atoms with E-state index in [1.165, 1.54) is 5.56 Å². The van der Waals surface area contributed by atoms with Crippen LogP contribution in [0.15, 0.2) is 42.2 Å². The molecule has 118 valence electrons. The van der Waals surface area contributed by atoms with Gasteiger partial charge in [0.25, 0.3) is 5.95 Å². The quantitative estimate of drug-likeness (QED) is 0.836. The third kappa shape index (κ3) is 3.04. The average Bonchev–Trinajstić information content (AvgIpc) is 3.05. The van der Waals surface area contributed by atoms with Crippen LogP contribution in [0.3, 0.4) is 0 Å². The lowest BCUT2D eigenvalue weighted by molar-refractivity contribution is 0.162. The summed E-state index contributed by atoms with van der Waals surface area (Å²) >= 11 is 0. The molecule has 1 unspecified atom stereocenters. The van der Waals surface area contributed by atoms with Crippen LogP contribution in [0.25, 0.3) is 0 Å². The van der Waals surface area contributed by atoms with Gasteiger partial charge >= 0.3 is 0 Å². The molecule has 0 N–H and O–H groups in total. The monoisotopic (exact) mass is 303 g/mol. The second-order valence-electron chi connectivity index (χ2n) is 5.71. The molecule has 2 aliphatic rings.